The maximum Gasteiger partial charge on any atom is 0.275 e. The number of rotatable bonds is 6. The number of nitrogens with one attached hydrogen (secondary N) is 1. The molecule has 4 bridgehead atoms. The van der Waals surface area contributed by atoms with Crippen LogP contribution in [0.3, 0.4) is 0 Å². The Kier molecular flexibility index (Phi) is 4.93. The second-order valence-electron chi connectivity index (χ2n) is 10.2. The van der Waals surface area contributed by atoms with Gasteiger partial charge < -0.3 is 5.32 Å². The molecule has 0 radical (unpaired) electrons. The van der Waals surface area contributed by atoms with E-state index < -0.39 is 0 Å². The van der Waals surface area contributed by atoms with E-state index in [1.807, 2.05) is 42.1 Å². The lowest BCUT2D eigenvalue weighted by atomic mass is 9.52. The molecule has 1 heterocycles. The van der Waals surface area contributed by atoms with Crippen LogP contribution >= 0.6 is 0 Å². The molecule has 0 saturated heterocycles. The van der Waals surface area contributed by atoms with Crippen LogP contribution in [-0.2, 0) is 13.6 Å². The maximum atomic E-state index is 13.2. The van der Waals surface area contributed by atoms with Crippen molar-refractivity contribution >= 4 is 0 Å². The summed E-state index contributed by atoms with van der Waals surface area (Å²) in [6, 6.07) is 10.0. The van der Waals surface area contributed by atoms with E-state index >= 15 is 0 Å². The average molecular weight is 394 g/mol. The van der Waals surface area contributed by atoms with Gasteiger partial charge >= 0.3 is 0 Å². The first-order valence-electron chi connectivity index (χ1n) is 11.6. The Morgan fingerprint density at radius 3 is 2.21 bits per heavy atom. The molecule has 0 atom stereocenters. The van der Waals surface area contributed by atoms with Crippen molar-refractivity contribution in [2.24, 2.45) is 36.6 Å². The molecule has 0 aliphatic heterocycles. The fourth-order valence-electron chi connectivity index (χ4n) is 7.05. The molecule has 1 N–H and O–H groups in total. The molecule has 4 nitrogen and oxygen atoms in total. The highest BCUT2D eigenvalue weighted by Gasteiger charge is 2.47. The van der Waals surface area contributed by atoms with Crippen LogP contribution in [0.1, 0.15) is 63.1 Å². The van der Waals surface area contributed by atoms with Crippen molar-refractivity contribution in [2.75, 3.05) is 6.54 Å². The summed E-state index contributed by atoms with van der Waals surface area (Å²) < 4.78 is 3.89. The highest BCUT2D eigenvalue weighted by molar-refractivity contribution is 5.34. The first kappa shape index (κ1) is 19.2. The van der Waals surface area contributed by atoms with Crippen LogP contribution in [0.5, 0.6) is 0 Å². The van der Waals surface area contributed by atoms with Gasteiger partial charge in [-0.2, -0.15) is 0 Å². The predicted octanol–water partition coefficient (Wildman–Crippen LogP) is 4.46. The summed E-state index contributed by atoms with van der Waals surface area (Å²) in [4.78, 5) is 13.2. The Labute approximate surface area is 174 Å². The van der Waals surface area contributed by atoms with Crippen LogP contribution in [0.25, 0.3) is 5.69 Å². The average Bonchev–Trinajstić information content (AvgIpc) is 2.94. The van der Waals surface area contributed by atoms with Gasteiger partial charge in [0.15, 0.2) is 0 Å². The van der Waals surface area contributed by atoms with Gasteiger partial charge in [-0.25, -0.2) is 4.68 Å². The van der Waals surface area contributed by atoms with Crippen LogP contribution in [0.4, 0.5) is 0 Å². The lowest BCUT2D eigenvalue weighted by Crippen LogP contribution is -2.48. The fourth-order valence-corrected chi connectivity index (χ4v) is 7.05. The minimum atomic E-state index is 0.125. The van der Waals surface area contributed by atoms with E-state index in [1.54, 1.807) is 0 Å². The van der Waals surface area contributed by atoms with E-state index in [2.05, 4.69) is 23.8 Å². The highest BCUT2D eigenvalue weighted by Crippen LogP contribution is 2.56. The SMILES string of the molecule is CC(C)c1c(CNCC2C3CC4CC(C3)CC2C4)n(C)n(-c2ccccc2)c1=O. The molecular formula is C25H35N3O. The zero-order chi connectivity index (χ0) is 20.1. The molecule has 0 amide bonds. The van der Waals surface area contributed by atoms with Gasteiger partial charge in [0, 0.05) is 19.2 Å². The van der Waals surface area contributed by atoms with E-state index in [0.29, 0.717) is 0 Å². The molecule has 4 aliphatic carbocycles. The van der Waals surface area contributed by atoms with Gasteiger partial charge in [0.1, 0.15) is 0 Å². The minimum Gasteiger partial charge on any atom is -0.311 e. The van der Waals surface area contributed by atoms with Crippen molar-refractivity contribution in [3.8, 4) is 5.69 Å². The summed E-state index contributed by atoms with van der Waals surface area (Å²) in [7, 11) is 2.03. The van der Waals surface area contributed by atoms with E-state index in [1.165, 1.54) is 32.1 Å². The summed E-state index contributed by atoms with van der Waals surface area (Å²) in [6.45, 7) is 6.15. The number of para-hydroxylation sites is 1. The Balaban J connectivity index is 1.35. The number of nitrogens with zero attached hydrogens (tertiary/aromatic N) is 2. The monoisotopic (exact) mass is 393 g/mol. The maximum absolute atomic E-state index is 13.2. The molecular weight excluding hydrogens is 358 g/mol. The smallest absolute Gasteiger partial charge is 0.275 e. The van der Waals surface area contributed by atoms with E-state index in [9.17, 15) is 4.79 Å². The normalized spacial score (nSPS) is 30.4. The Hall–Kier alpha value is -1.81. The van der Waals surface area contributed by atoms with Crippen molar-refractivity contribution in [1.29, 1.82) is 0 Å². The Morgan fingerprint density at radius 1 is 1.00 bits per heavy atom. The largest absolute Gasteiger partial charge is 0.311 e. The van der Waals surface area contributed by atoms with E-state index in [-0.39, 0.29) is 11.5 Å². The van der Waals surface area contributed by atoms with Gasteiger partial charge in [-0.1, -0.05) is 32.0 Å². The van der Waals surface area contributed by atoms with Gasteiger partial charge in [0.05, 0.1) is 11.4 Å². The standard InChI is InChI=1S/C25H35N3O/c1-16(2)24-23(27(3)28(25(24)29)21-7-5-4-6-8-21)15-26-14-22-19-10-17-9-18(12-19)13-20(22)11-17/h4-8,16-20,22,26H,9-15H2,1-3H3. The van der Waals surface area contributed by atoms with Gasteiger partial charge in [-0.15, -0.1) is 0 Å². The molecule has 29 heavy (non-hydrogen) atoms. The zero-order valence-corrected chi connectivity index (χ0v) is 18.1. The predicted molar refractivity (Wildman–Crippen MR) is 117 cm³/mol. The molecule has 4 saturated carbocycles. The molecule has 1 aromatic heterocycles. The van der Waals surface area contributed by atoms with Gasteiger partial charge in [-0.05, 0) is 86.3 Å². The number of benzene rings is 1. The topological polar surface area (TPSA) is 39.0 Å². The molecule has 0 spiro atoms. The summed E-state index contributed by atoms with van der Waals surface area (Å²) in [6.07, 6.45) is 7.40. The van der Waals surface area contributed by atoms with Crippen LogP contribution in [0.15, 0.2) is 35.1 Å². The van der Waals surface area contributed by atoms with Crippen LogP contribution < -0.4 is 10.9 Å². The van der Waals surface area contributed by atoms with Crippen molar-refractivity contribution in [1.82, 2.24) is 14.7 Å². The van der Waals surface area contributed by atoms with E-state index in [4.69, 9.17) is 0 Å². The molecule has 6 rings (SSSR count). The fraction of sp³-hybridized carbons (Fsp3) is 0.640. The van der Waals surface area contributed by atoms with Gasteiger partial charge in [-0.3, -0.25) is 9.48 Å². The summed E-state index contributed by atoms with van der Waals surface area (Å²) in [5.41, 5.74) is 3.15. The third-order valence-corrected chi connectivity index (χ3v) is 8.10. The Bertz CT molecular complexity index is 896. The number of hydrogen-bond donors (Lipinski definition) is 1. The molecule has 4 fully saturated rings. The molecule has 1 aromatic carbocycles. The van der Waals surface area contributed by atoms with Crippen molar-refractivity contribution in [3.63, 3.8) is 0 Å². The Morgan fingerprint density at radius 2 is 1.62 bits per heavy atom. The molecule has 2 aromatic rings. The first-order chi connectivity index (χ1) is 14.0. The lowest BCUT2D eigenvalue weighted by Gasteiger charge is -2.54. The van der Waals surface area contributed by atoms with Gasteiger partial charge in [0.2, 0.25) is 0 Å². The quantitative estimate of drug-likeness (QED) is 0.787. The third-order valence-electron chi connectivity index (χ3n) is 8.10. The minimum absolute atomic E-state index is 0.125. The van der Waals surface area contributed by atoms with Crippen molar-refractivity contribution in [3.05, 3.63) is 51.9 Å². The first-order valence-corrected chi connectivity index (χ1v) is 11.6. The second kappa shape index (κ2) is 7.46. The summed E-state index contributed by atoms with van der Waals surface area (Å²) >= 11 is 0. The molecule has 0 unspecified atom stereocenters. The highest BCUT2D eigenvalue weighted by atomic mass is 16.1. The summed E-state index contributed by atoms with van der Waals surface area (Å²) in [5.74, 6) is 5.02. The third kappa shape index (κ3) is 3.30. The lowest BCUT2D eigenvalue weighted by molar-refractivity contribution is -0.0356. The van der Waals surface area contributed by atoms with Crippen LogP contribution in [0, 0.1) is 29.6 Å². The van der Waals surface area contributed by atoms with Gasteiger partial charge in [0.25, 0.3) is 5.56 Å². The van der Waals surface area contributed by atoms with Crippen LogP contribution in [-0.4, -0.2) is 15.9 Å². The summed E-state index contributed by atoms with van der Waals surface area (Å²) in [5, 5.41) is 3.78. The van der Waals surface area contributed by atoms with Crippen molar-refractivity contribution < 1.29 is 0 Å². The van der Waals surface area contributed by atoms with Crippen molar-refractivity contribution in [2.45, 2.75) is 58.4 Å². The zero-order valence-electron chi connectivity index (χ0n) is 18.1. The number of hydrogen-bond acceptors (Lipinski definition) is 2. The number of aromatic nitrogens is 2. The van der Waals surface area contributed by atoms with E-state index in [0.717, 1.165) is 59.6 Å². The molecule has 156 valence electrons. The molecule has 4 aliphatic rings. The second-order valence-corrected chi connectivity index (χ2v) is 10.2. The van der Waals surface area contributed by atoms with Crippen LogP contribution in [0.2, 0.25) is 0 Å². The molecule has 4 heteroatoms.